The van der Waals surface area contributed by atoms with Gasteiger partial charge < -0.3 is 19.5 Å². The van der Waals surface area contributed by atoms with Crippen LogP contribution in [-0.2, 0) is 4.74 Å². The minimum absolute atomic E-state index is 0.222. The maximum atomic E-state index is 6.10. The minimum Gasteiger partial charge on any atom is -0.454 e. The molecule has 4 nitrogen and oxygen atoms in total. The van der Waals surface area contributed by atoms with Gasteiger partial charge in [-0.15, -0.1) is 0 Å². The molecule has 2 aliphatic rings. The quantitative estimate of drug-likeness (QED) is 0.835. The molecule has 1 aromatic rings. The van der Waals surface area contributed by atoms with Crippen LogP contribution in [0.25, 0.3) is 0 Å². The summed E-state index contributed by atoms with van der Waals surface area (Å²) in [5, 5.41) is 3.58. The van der Waals surface area contributed by atoms with Crippen molar-refractivity contribution in [1.82, 2.24) is 5.32 Å². The van der Waals surface area contributed by atoms with Crippen LogP contribution in [0.4, 0.5) is 0 Å². The molecule has 0 bridgehead atoms. The fourth-order valence-corrected chi connectivity index (χ4v) is 3.01. The Morgan fingerprint density at radius 2 is 2.05 bits per heavy atom. The Labute approximate surface area is 126 Å². The number of hydrogen-bond donors (Lipinski definition) is 1. The lowest BCUT2D eigenvalue weighted by atomic mass is 10.1. The van der Waals surface area contributed by atoms with E-state index in [9.17, 15) is 0 Å². The fraction of sp³-hybridized carbons (Fsp3) is 0.647. The first-order valence-corrected chi connectivity index (χ1v) is 8.11. The van der Waals surface area contributed by atoms with Crippen LogP contribution >= 0.6 is 0 Å². The smallest absolute Gasteiger partial charge is 0.231 e. The van der Waals surface area contributed by atoms with Crippen molar-refractivity contribution < 1.29 is 14.2 Å². The van der Waals surface area contributed by atoms with Crippen LogP contribution in [0.15, 0.2) is 18.2 Å². The third-order valence-corrected chi connectivity index (χ3v) is 4.24. The van der Waals surface area contributed by atoms with Crippen molar-refractivity contribution in [1.29, 1.82) is 0 Å². The van der Waals surface area contributed by atoms with Gasteiger partial charge in [0, 0.05) is 0 Å². The van der Waals surface area contributed by atoms with E-state index in [1.165, 1.54) is 31.2 Å². The highest BCUT2D eigenvalue weighted by atomic mass is 16.7. The molecule has 1 aromatic carbocycles. The van der Waals surface area contributed by atoms with Gasteiger partial charge in [-0.3, -0.25) is 0 Å². The molecule has 0 aromatic heterocycles. The number of rotatable bonds is 7. The lowest BCUT2D eigenvalue weighted by Gasteiger charge is -2.21. The maximum Gasteiger partial charge on any atom is 0.231 e. The minimum atomic E-state index is 0.222. The molecule has 1 heterocycles. The lowest BCUT2D eigenvalue weighted by molar-refractivity contribution is 0.0426. The zero-order valence-electron chi connectivity index (χ0n) is 12.8. The summed E-state index contributed by atoms with van der Waals surface area (Å²) in [5.41, 5.74) is 1.21. The zero-order valence-corrected chi connectivity index (χ0v) is 12.8. The second-order valence-corrected chi connectivity index (χ2v) is 5.86. The highest BCUT2D eigenvalue weighted by Gasteiger charge is 2.21. The summed E-state index contributed by atoms with van der Waals surface area (Å²) in [6, 6.07) is 6.40. The summed E-state index contributed by atoms with van der Waals surface area (Å²) in [6.07, 6.45) is 6.60. The normalized spacial score (nSPS) is 19.1. The topological polar surface area (TPSA) is 39.7 Å². The Balaban J connectivity index is 1.65. The fourth-order valence-electron chi connectivity index (χ4n) is 3.01. The highest BCUT2D eigenvalue weighted by molar-refractivity contribution is 5.45. The summed E-state index contributed by atoms with van der Waals surface area (Å²) in [5.74, 6) is 1.68. The van der Waals surface area contributed by atoms with Crippen molar-refractivity contribution in [3.05, 3.63) is 23.8 Å². The summed E-state index contributed by atoms with van der Waals surface area (Å²) in [4.78, 5) is 0. The third kappa shape index (κ3) is 3.69. The molecule has 1 fully saturated rings. The molecule has 0 radical (unpaired) electrons. The van der Waals surface area contributed by atoms with Crippen LogP contribution in [0.2, 0.25) is 0 Å². The molecule has 1 atom stereocenters. The van der Waals surface area contributed by atoms with Crippen molar-refractivity contribution in [3.63, 3.8) is 0 Å². The van der Waals surface area contributed by atoms with E-state index in [0.29, 0.717) is 12.9 Å². The van der Waals surface area contributed by atoms with Crippen molar-refractivity contribution in [2.24, 2.45) is 0 Å². The summed E-state index contributed by atoms with van der Waals surface area (Å²) < 4.78 is 17.0. The van der Waals surface area contributed by atoms with E-state index in [2.05, 4.69) is 24.4 Å². The molecule has 4 heteroatoms. The molecule has 1 saturated carbocycles. The number of benzene rings is 1. The molecule has 1 unspecified atom stereocenters. The molecule has 1 N–H and O–H groups in total. The maximum absolute atomic E-state index is 6.10. The molecule has 1 aliphatic heterocycles. The van der Waals surface area contributed by atoms with Gasteiger partial charge in [-0.2, -0.15) is 0 Å². The van der Waals surface area contributed by atoms with Gasteiger partial charge in [-0.05, 0) is 43.5 Å². The van der Waals surface area contributed by atoms with Crippen LogP contribution in [0.3, 0.4) is 0 Å². The van der Waals surface area contributed by atoms with Crippen LogP contribution in [0.5, 0.6) is 11.5 Å². The van der Waals surface area contributed by atoms with Crippen molar-refractivity contribution in [3.8, 4) is 11.5 Å². The molecule has 116 valence electrons. The monoisotopic (exact) mass is 291 g/mol. The number of fused-ring (bicyclic) bond motifs is 1. The second-order valence-electron chi connectivity index (χ2n) is 5.86. The van der Waals surface area contributed by atoms with Crippen molar-refractivity contribution in [2.45, 2.75) is 51.2 Å². The second kappa shape index (κ2) is 7.14. The van der Waals surface area contributed by atoms with E-state index >= 15 is 0 Å². The summed E-state index contributed by atoms with van der Waals surface area (Å²) in [7, 11) is 0. The predicted octanol–water partition coefficient (Wildman–Crippen LogP) is 3.42. The number of nitrogens with one attached hydrogen (secondary N) is 1. The lowest BCUT2D eigenvalue weighted by Crippen LogP contribution is -2.28. The van der Waals surface area contributed by atoms with E-state index in [0.717, 1.165) is 31.1 Å². The molecule has 0 spiro atoms. The van der Waals surface area contributed by atoms with Gasteiger partial charge in [0.15, 0.2) is 11.5 Å². The van der Waals surface area contributed by atoms with Crippen LogP contribution in [0, 0.1) is 0 Å². The molecular weight excluding hydrogens is 266 g/mol. The Hall–Kier alpha value is -1.26. The summed E-state index contributed by atoms with van der Waals surface area (Å²) in [6.45, 7) is 4.23. The predicted molar refractivity (Wildman–Crippen MR) is 81.8 cm³/mol. The SMILES string of the molecule is CCCNC(COC1CCCC1)c1ccc2c(c1)OCO2. The average Bonchev–Trinajstić information content (AvgIpc) is 3.17. The van der Waals surface area contributed by atoms with Gasteiger partial charge in [0.05, 0.1) is 18.8 Å². The first kappa shape index (κ1) is 14.7. The van der Waals surface area contributed by atoms with E-state index in [1.54, 1.807) is 0 Å². The molecule has 21 heavy (non-hydrogen) atoms. The first-order valence-electron chi connectivity index (χ1n) is 8.11. The molecule has 0 amide bonds. The van der Waals surface area contributed by atoms with Crippen molar-refractivity contribution in [2.75, 3.05) is 19.9 Å². The number of hydrogen-bond acceptors (Lipinski definition) is 4. The number of ether oxygens (including phenoxy) is 3. The highest BCUT2D eigenvalue weighted by Crippen LogP contribution is 2.34. The van der Waals surface area contributed by atoms with E-state index in [-0.39, 0.29) is 6.04 Å². The largest absolute Gasteiger partial charge is 0.454 e. The molecule has 3 rings (SSSR count). The average molecular weight is 291 g/mol. The molecule has 0 saturated heterocycles. The Morgan fingerprint density at radius 3 is 2.86 bits per heavy atom. The summed E-state index contributed by atoms with van der Waals surface area (Å²) >= 11 is 0. The Bertz CT molecular complexity index is 457. The van der Waals surface area contributed by atoms with Crippen LogP contribution < -0.4 is 14.8 Å². The van der Waals surface area contributed by atoms with Gasteiger partial charge in [0.2, 0.25) is 6.79 Å². The van der Waals surface area contributed by atoms with Crippen LogP contribution in [-0.4, -0.2) is 26.0 Å². The molecule has 1 aliphatic carbocycles. The van der Waals surface area contributed by atoms with Crippen molar-refractivity contribution >= 4 is 0 Å². The first-order chi connectivity index (χ1) is 10.4. The van der Waals surface area contributed by atoms with Gasteiger partial charge >= 0.3 is 0 Å². The van der Waals surface area contributed by atoms with Gasteiger partial charge in [0.25, 0.3) is 0 Å². The Kier molecular flexibility index (Phi) is 4.99. The Morgan fingerprint density at radius 1 is 1.24 bits per heavy atom. The zero-order chi connectivity index (χ0) is 14.5. The molecular formula is C17H25NO3. The third-order valence-electron chi connectivity index (χ3n) is 4.24. The van der Waals surface area contributed by atoms with Crippen LogP contribution in [0.1, 0.15) is 50.6 Å². The van der Waals surface area contributed by atoms with E-state index < -0.39 is 0 Å². The standard InChI is InChI=1S/C17H25NO3/c1-2-9-18-15(11-19-14-5-3-4-6-14)13-7-8-16-17(10-13)21-12-20-16/h7-8,10,14-15,18H,2-6,9,11-12H2,1H3. The van der Waals surface area contributed by atoms with Gasteiger partial charge in [-0.1, -0.05) is 25.8 Å². The van der Waals surface area contributed by atoms with Gasteiger partial charge in [0.1, 0.15) is 0 Å². The van der Waals surface area contributed by atoms with E-state index in [1.807, 2.05) is 6.07 Å². The van der Waals surface area contributed by atoms with Gasteiger partial charge in [-0.25, -0.2) is 0 Å². The van der Waals surface area contributed by atoms with E-state index in [4.69, 9.17) is 14.2 Å².